The van der Waals surface area contributed by atoms with E-state index in [4.69, 9.17) is 44.6 Å². The Morgan fingerprint density at radius 2 is 1.63 bits per heavy atom. The molecule has 0 amide bonds. The van der Waals surface area contributed by atoms with E-state index in [2.05, 4.69) is 0 Å². The number of alkyl halides is 1. The molecule has 1 aliphatic heterocycles. The Labute approximate surface area is 169 Å². The molecule has 0 fully saturated rings. The predicted octanol–water partition coefficient (Wildman–Crippen LogP) is 4.57. The molecule has 0 saturated carbocycles. The Kier molecular flexibility index (Phi) is 7.18. The number of carbonyl (C=O) groups excluding carboxylic acids is 2. The number of Topliss-reactive ketones (excluding diaryl/α,β-unsaturated/α-hetero) is 2. The molecule has 0 bridgehead atoms. The van der Waals surface area contributed by atoms with Crippen molar-refractivity contribution in [2.24, 2.45) is 0 Å². The van der Waals surface area contributed by atoms with Crippen molar-refractivity contribution < 1.29 is 29.6 Å². The monoisotopic (exact) mass is 432 g/mol. The smallest absolute Gasteiger partial charge is 0.170 e. The molecule has 1 heterocycles. The first-order valence-electron chi connectivity index (χ1n) is 7.73. The SMILES string of the molecule is O=C(CCCl)c1cc(Cl)c(O)cc1O.O=C1CCOc2cc(O)c(Cl)cc21. The van der Waals surface area contributed by atoms with Gasteiger partial charge in [0.1, 0.15) is 23.0 Å². The third kappa shape index (κ3) is 5.19. The van der Waals surface area contributed by atoms with Crippen LogP contribution in [0.1, 0.15) is 33.6 Å². The fourth-order valence-electron chi connectivity index (χ4n) is 2.26. The van der Waals surface area contributed by atoms with Gasteiger partial charge in [-0.25, -0.2) is 0 Å². The van der Waals surface area contributed by atoms with Crippen molar-refractivity contribution in [3.05, 3.63) is 45.4 Å². The van der Waals surface area contributed by atoms with Crippen LogP contribution in [0, 0.1) is 0 Å². The summed E-state index contributed by atoms with van der Waals surface area (Å²) in [5, 5.41) is 27.9. The second kappa shape index (κ2) is 9.17. The number of fused-ring (bicyclic) bond motifs is 1. The van der Waals surface area contributed by atoms with Crippen LogP contribution >= 0.6 is 34.8 Å². The first-order valence-corrected chi connectivity index (χ1v) is 9.02. The number of benzene rings is 2. The highest BCUT2D eigenvalue weighted by atomic mass is 35.5. The second-order valence-electron chi connectivity index (χ2n) is 5.50. The van der Waals surface area contributed by atoms with Crippen LogP contribution in [-0.2, 0) is 0 Å². The quantitative estimate of drug-likeness (QED) is 0.484. The van der Waals surface area contributed by atoms with E-state index in [9.17, 15) is 19.8 Å². The van der Waals surface area contributed by atoms with Gasteiger partial charge in [0.2, 0.25) is 0 Å². The van der Waals surface area contributed by atoms with Gasteiger partial charge in [0.15, 0.2) is 11.6 Å². The Bertz CT molecular complexity index is 882. The highest BCUT2D eigenvalue weighted by molar-refractivity contribution is 6.33. The van der Waals surface area contributed by atoms with Crippen molar-refractivity contribution in [3.8, 4) is 23.0 Å². The lowest BCUT2D eigenvalue weighted by Gasteiger charge is -2.16. The van der Waals surface area contributed by atoms with Gasteiger partial charge in [0.05, 0.1) is 27.8 Å². The Hall–Kier alpha value is -2.15. The van der Waals surface area contributed by atoms with Gasteiger partial charge in [-0.3, -0.25) is 9.59 Å². The molecule has 0 atom stereocenters. The number of aromatic hydroxyl groups is 3. The first kappa shape index (κ1) is 21.2. The number of rotatable bonds is 3. The Balaban J connectivity index is 0.000000194. The van der Waals surface area contributed by atoms with Crippen molar-refractivity contribution in [1.29, 1.82) is 0 Å². The van der Waals surface area contributed by atoms with Crippen LogP contribution in [0.15, 0.2) is 24.3 Å². The van der Waals surface area contributed by atoms with Crippen molar-refractivity contribution >= 4 is 46.4 Å². The standard InChI is InChI=1S/C9H8Cl2O3.C9H7ClO3/c10-2-1-7(12)5-3-6(11)9(14)4-8(5)13;10-6-3-5-7(11)1-2-13-9(5)4-8(6)12/h3-4,13-14H,1-2H2;3-4,12H,1-2H2. The summed E-state index contributed by atoms with van der Waals surface area (Å²) in [4.78, 5) is 22.7. The third-order valence-corrected chi connectivity index (χ3v) is 4.42. The molecule has 27 heavy (non-hydrogen) atoms. The normalized spacial score (nSPS) is 12.5. The Morgan fingerprint density at radius 3 is 2.30 bits per heavy atom. The van der Waals surface area contributed by atoms with Crippen LogP contribution in [0.4, 0.5) is 0 Å². The molecule has 0 aromatic heterocycles. The number of ether oxygens (including phenoxy) is 1. The highest BCUT2D eigenvalue weighted by Gasteiger charge is 2.20. The molecule has 3 rings (SSSR count). The van der Waals surface area contributed by atoms with Gasteiger partial charge < -0.3 is 20.1 Å². The molecular formula is C18H15Cl3O6. The number of phenols is 3. The molecule has 6 nitrogen and oxygen atoms in total. The molecule has 144 valence electrons. The lowest BCUT2D eigenvalue weighted by atomic mass is 10.1. The predicted molar refractivity (Wildman–Crippen MR) is 102 cm³/mol. The average Bonchev–Trinajstić information content (AvgIpc) is 2.61. The van der Waals surface area contributed by atoms with E-state index >= 15 is 0 Å². The number of ketones is 2. The summed E-state index contributed by atoms with van der Waals surface area (Å²) in [5.74, 6) is -0.319. The minimum Gasteiger partial charge on any atom is -0.507 e. The zero-order chi connectivity index (χ0) is 20.1. The van der Waals surface area contributed by atoms with Crippen LogP contribution < -0.4 is 4.74 Å². The molecule has 1 aliphatic rings. The maximum Gasteiger partial charge on any atom is 0.170 e. The van der Waals surface area contributed by atoms with Crippen molar-refractivity contribution in [3.63, 3.8) is 0 Å². The molecule has 9 heteroatoms. The maximum absolute atomic E-state index is 11.3. The van der Waals surface area contributed by atoms with Crippen LogP contribution in [-0.4, -0.2) is 39.4 Å². The number of hydrogen-bond donors (Lipinski definition) is 3. The summed E-state index contributed by atoms with van der Waals surface area (Å²) in [6.07, 6.45) is 0.490. The van der Waals surface area contributed by atoms with Crippen LogP contribution in [0.3, 0.4) is 0 Å². The summed E-state index contributed by atoms with van der Waals surface area (Å²) < 4.78 is 5.19. The average molecular weight is 434 g/mol. The van der Waals surface area contributed by atoms with Gasteiger partial charge in [-0.1, -0.05) is 23.2 Å². The summed E-state index contributed by atoms with van der Waals surface area (Å²) in [6.45, 7) is 0.368. The summed E-state index contributed by atoms with van der Waals surface area (Å²) in [6, 6.07) is 5.06. The lowest BCUT2D eigenvalue weighted by molar-refractivity contribution is 0.0932. The molecule has 2 aromatic carbocycles. The van der Waals surface area contributed by atoms with Gasteiger partial charge in [-0.15, -0.1) is 11.6 Å². The lowest BCUT2D eigenvalue weighted by Crippen LogP contribution is -2.14. The van der Waals surface area contributed by atoms with Crippen LogP contribution in [0.2, 0.25) is 10.0 Å². The molecule has 0 radical (unpaired) electrons. The minimum atomic E-state index is -0.306. The zero-order valence-corrected chi connectivity index (χ0v) is 16.1. The second-order valence-corrected chi connectivity index (χ2v) is 6.70. The molecule has 0 unspecified atom stereocenters. The number of carbonyl (C=O) groups is 2. The highest BCUT2D eigenvalue weighted by Crippen LogP contribution is 2.34. The van der Waals surface area contributed by atoms with E-state index in [1.54, 1.807) is 0 Å². The first-order chi connectivity index (χ1) is 12.7. The fourth-order valence-corrected chi connectivity index (χ4v) is 2.76. The Morgan fingerprint density at radius 1 is 1.00 bits per heavy atom. The van der Waals surface area contributed by atoms with Crippen LogP contribution in [0.25, 0.3) is 0 Å². The summed E-state index contributed by atoms with van der Waals surface area (Å²) in [7, 11) is 0. The van der Waals surface area contributed by atoms with E-state index in [1.165, 1.54) is 18.2 Å². The maximum atomic E-state index is 11.3. The fraction of sp³-hybridized carbons (Fsp3) is 0.222. The largest absolute Gasteiger partial charge is 0.507 e. The van der Waals surface area contributed by atoms with Gasteiger partial charge in [-0.05, 0) is 12.1 Å². The van der Waals surface area contributed by atoms with E-state index in [0.717, 1.165) is 6.07 Å². The van der Waals surface area contributed by atoms with Crippen molar-refractivity contribution in [2.45, 2.75) is 12.8 Å². The molecule has 0 aliphatic carbocycles. The molecule has 3 N–H and O–H groups in total. The molecule has 2 aromatic rings. The number of phenolic OH excluding ortho intramolecular Hbond substituents is 3. The van der Waals surface area contributed by atoms with Gasteiger partial charge in [-0.2, -0.15) is 0 Å². The minimum absolute atomic E-state index is 0.00292. The van der Waals surface area contributed by atoms with E-state index in [-0.39, 0.29) is 56.7 Å². The molecule has 0 spiro atoms. The van der Waals surface area contributed by atoms with Gasteiger partial charge in [0, 0.05) is 30.9 Å². The molecule has 0 saturated heterocycles. The van der Waals surface area contributed by atoms with E-state index in [0.29, 0.717) is 24.3 Å². The van der Waals surface area contributed by atoms with E-state index < -0.39 is 0 Å². The summed E-state index contributed by atoms with van der Waals surface area (Å²) >= 11 is 16.6. The van der Waals surface area contributed by atoms with Crippen molar-refractivity contribution in [2.75, 3.05) is 12.5 Å². The summed E-state index contributed by atoms with van der Waals surface area (Å²) in [5.41, 5.74) is 0.530. The number of halogens is 3. The molecular weight excluding hydrogens is 419 g/mol. The third-order valence-electron chi connectivity index (χ3n) is 3.62. The zero-order valence-electron chi connectivity index (χ0n) is 13.8. The van der Waals surface area contributed by atoms with Crippen LogP contribution in [0.5, 0.6) is 23.0 Å². The number of hydrogen-bond acceptors (Lipinski definition) is 6. The van der Waals surface area contributed by atoms with Gasteiger partial charge >= 0.3 is 0 Å². The van der Waals surface area contributed by atoms with Gasteiger partial charge in [0.25, 0.3) is 0 Å². The van der Waals surface area contributed by atoms with E-state index in [1.807, 2.05) is 0 Å². The van der Waals surface area contributed by atoms with Crippen molar-refractivity contribution in [1.82, 2.24) is 0 Å². The topological polar surface area (TPSA) is 104 Å².